The van der Waals surface area contributed by atoms with Gasteiger partial charge in [-0.1, -0.05) is 0 Å². The largest absolute Gasteiger partial charge is 0.478 e. The minimum absolute atomic E-state index is 0.129. The van der Waals surface area contributed by atoms with Gasteiger partial charge in [0.05, 0.1) is 11.3 Å². The van der Waals surface area contributed by atoms with Crippen molar-refractivity contribution < 1.29 is 14.7 Å². The van der Waals surface area contributed by atoms with E-state index in [1.54, 1.807) is 18.9 Å². The Kier molecular flexibility index (Phi) is 4.57. The number of amides is 1. The lowest BCUT2D eigenvalue weighted by Crippen LogP contribution is -2.39. The van der Waals surface area contributed by atoms with Crippen LogP contribution in [0.5, 0.6) is 0 Å². The molecule has 114 valence electrons. The second-order valence-corrected chi connectivity index (χ2v) is 5.60. The van der Waals surface area contributed by atoms with E-state index in [1.807, 2.05) is 0 Å². The smallest absolute Gasteiger partial charge is 0.337 e. The van der Waals surface area contributed by atoms with Crippen LogP contribution in [0.4, 0.5) is 0 Å². The van der Waals surface area contributed by atoms with Gasteiger partial charge in [-0.25, -0.2) is 9.78 Å². The number of carbonyl (C=O) groups excluding carboxylic acids is 1. The van der Waals surface area contributed by atoms with Crippen molar-refractivity contribution in [3.63, 3.8) is 0 Å². The molecule has 1 unspecified atom stereocenters. The van der Waals surface area contributed by atoms with E-state index in [2.05, 4.69) is 16.9 Å². The number of aryl methyl sites for hydroxylation is 1. The predicted octanol–water partition coefficient (Wildman–Crippen LogP) is 1.25. The van der Waals surface area contributed by atoms with E-state index in [4.69, 9.17) is 5.11 Å². The summed E-state index contributed by atoms with van der Waals surface area (Å²) >= 11 is 0. The molecule has 1 aliphatic rings. The molecule has 1 aromatic rings. The Balaban J connectivity index is 2.08. The number of carboxylic acid groups (broad SMARTS) is 1. The molecular weight excluding hydrogens is 270 g/mol. The van der Waals surface area contributed by atoms with Crippen molar-refractivity contribution in [2.75, 3.05) is 27.2 Å². The highest BCUT2D eigenvalue weighted by Crippen LogP contribution is 2.16. The Hall–Kier alpha value is -1.95. The Morgan fingerprint density at radius 3 is 2.71 bits per heavy atom. The van der Waals surface area contributed by atoms with Crippen molar-refractivity contribution in [1.29, 1.82) is 0 Å². The highest BCUT2D eigenvalue weighted by molar-refractivity contribution is 5.94. The van der Waals surface area contributed by atoms with Gasteiger partial charge in [0.1, 0.15) is 5.69 Å². The first-order valence-electron chi connectivity index (χ1n) is 7.06. The topological polar surface area (TPSA) is 73.7 Å². The first-order valence-corrected chi connectivity index (χ1v) is 7.06. The van der Waals surface area contributed by atoms with Crippen molar-refractivity contribution in [2.45, 2.75) is 25.8 Å². The number of nitrogens with zero attached hydrogens (tertiary/aromatic N) is 3. The van der Waals surface area contributed by atoms with E-state index in [0.717, 1.165) is 19.4 Å². The molecule has 21 heavy (non-hydrogen) atoms. The van der Waals surface area contributed by atoms with Crippen molar-refractivity contribution in [3.8, 4) is 0 Å². The minimum atomic E-state index is -1.03. The summed E-state index contributed by atoms with van der Waals surface area (Å²) < 4.78 is 0. The number of aromatic carboxylic acids is 1. The number of likely N-dealkylation sites (N-methyl/N-ethyl adjacent to an activating group) is 2. The van der Waals surface area contributed by atoms with Crippen molar-refractivity contribution in [3.05, 3.63) is 29.1 Å². The third-order valence-electron chi connectivity index (χ3n) is 4.04. The zero-order chi connectivity index (χ0) is 15.6. The maximum absolute atomic E-state index is 12.4. The average Bonchev–Trinajstić information content (AvgIpc) is 2.82. The SMILES string of the molecule is Cc1nc(C(=O)N(C)CC2CCCN2C)ccc1C(=O)O. The van der Waals surface area contributed by atoms with Crippen LogP contribution in [0.25, 0.3) is 0 Å². The second kappa shape index (κ2) is 6.22. The second-order valence-electron chi connectivity index (χ2n) is 5.60. The molecule has 2 rings (SSSR count). The molecule has 2 heterocycles. The summed E-state index contributed by atoms with van der Waals surface area (Å²) in [6.45, 7) is 3.33. The summed E-state index contributed by atoms with van der Waals surface area (Å²) in [4.78, 5) is 31.4. The maximum atomic E-state index is 12.4. The first kappa shape index (κ1) is 15.4. The quantitative estimate of drug-likeness (QED) is 0.904. The number of hydrogen-bond acceptors (Lipinski definition) is 4. The van der Waals surface area contributed by atoms with Gasteiger partial charge in [0.15, 0.2) is 0 Å². The molecular formula is C15H21N3O3. The zero-order valence-corrected chi connectivity index (χ0v) is 12.7. The van der Waals surface area contributed by atoms with Gasteiger partial charge in [-0.2, -0.15) is 0 Å². The van der Waals surface area contributed by atoms with Gasteiger partial charge in [-0.15, -0.1) is 0 Å². The number of rotatable bonds is 4. The van der Waals surface area contributed by atoms with E-state index in [9.17, 15) is 9.59 Å². The molecule has 1 aliphatic heterocycles. The van der Waals surface area contributed by atoms with E-state index in [0.29, 0.717) is 24.0 Å². The predicted molar refractivity (Wildman–Crippen MR) is 78.5 cm³/mol. The standard InChI is InChI=1S/C15H21N3O3/c1-10-12(15(20)21)6-7-13(16-10)14(19)18(3)9-11-5-4-8-17(11)2/h6-7,11H,4-5,8-9H2,1-3H3,(H,20,21). The monoisotopic (exact) mass is 291 g/mol. The number of carbonyl (C=O) groups is 2. The van der Waals surface area contributed by atoms with Gasteiger partial charge in [0, 0.05) is 19.6 Å². The molecule has 1 N–H and O–H groups in total. The van der Waals surface area contributed by atoms with Gasteiger partial charge in [-0.3, -0.25) is 4.79 Å². The fourth-order valence-electron chi connectivity index (χ4n) is 2.71. The Labute approximate surface area is 124 Å². The molecule has 6 nitrogen and oxygen atoms in total. The van der Waals surface area contributed by atoms with Gasteiger partial charge < -0.3 is 14.9 Å². The zero-order valence-electron chi connectivity index (χ0n) is 12.7. The van der Waals surface area contributed by atoms with Gasteiger partial charge in [0.25, 0.3) is 5.91 Å². The van der Waals surface area contributed by atoms with Crippen LogP contribution in [-0.4, -0.2) is 65.0 Å². The minimum Gasteiger partial charge on any atom is -0.478 e. The molecule has 1 aromatic heterocycles. The Bertz CT molecular complexity index is 559. The number of pyridine rings is 1. The summed E-state index contributed by atoms with van der Waals surface area (Å²) in [5, 5.41) is 8.98. The van der Waals surface area contributed by atoms with Crippen molar-refractivity contribution >= 4 is 11.9 Å². The molecule has 0 saturated carbocycles. The molecule has 6 heteroatoms. The van der Waals surface area contributed by atoms with E-state index >= 15 is 0 Å². The van der Waals surface area contributed by atoms with E-state index < -0.39 is 5.97 Å². The lowest BCUT2D eigenvalue weighted by Gasteiger charge is -2.25. The molecule has 1 saturated heterocycles. The van der Waals surface area contributed by atoms with Crippen LogP contribution in [0.2, 0.25) is 0 Å². The van der Waals surface area contributed by atoms with E-state index in [-0.39, 0.29) is 11.5 Å². The molecule has 0 aliphatic carbocycles. The van der Waals surface area contributed by atoms with Crippen LogP contribution >= 0.6 is 0 Å². The normalized spacial score (nSPS) is 18.7. The van der Waals surface area contributed by atoms with Gasteiger partial charge in [-0.05, 0) is 45.5 Å². The van der Waals surface area contributed by atoms with Crippen LogP contribution < -0.4 is 0 Å². The lowest BCUT2D eigenvalue weighted by molar-refractivity contribution is 0.0692. The highest BCUT2D eigenvalue weighted by Gasteiger charge is 2.25. The number of aromatic nitrogens is 1. The first-order chi connectivity index (χ1) is 9.90. The van der Waals surface area contributed by atoms with Crippen LogP contribution in [0.1, 0.15) is 39.4 Å². The Morgan fingerprint density at radius 2 is 2.19 bits per heavy atom. The summed E-state index contributed by atoms with van der Waals surface area (Å²) in [6.07, 6.45) is 2.26. The van der Waals surface area contributed by atoms with Gasteiger partial charge >= 0.3 is 5.97 Å². The molecule has 0 bridgehead atoms. The van der Waals surface area contributed by atoms with E-state index in [1.165, 1.54) is 12.1 Å². The molecule has 1 fully saturated rings. The molecule has 0 radical (unpaired) electrons. The maximum Gasteiger partial charge on any atom is 0.337 e. The van der Waals surface area contributed by atoms with Crippen molar-refractivity contribution in [1.82, 2.24) is 14.8 Å². The number of hydrogen-bond donors (Lipinski definition) is 1. The average molecular weight is 291 g/mol. The fourth-order valence-corrected chi connectivity index (χ4v) is 2.71. The summed E-state index contributed by atoms with van der Waals surface area (Å²) in [7, 11) is 3.83. The van der Waals surface area contributed by atoms with Crippen LogP contribution in [-0.2, 0) is 0 Å². The third-order valence-corrected chi connectivity index (χ3v) is 4.04. The number of likely N-dealkylation sites (tertiary alicyclic amines) is 1. The summed E-state index contributed by atoms with van der Waals surface area (Å²) in [5.41, 5.74) is 0.783. The third kappa shape index (κ3) is 3.39. The summed E-state index contributed by atoms with van der Waals surface area (Å²) in [6, 6.07) is 3.31. The van der Waals surface area contributed by atoms with Crippen molar-refractivity contribution in [2.24, 2.45) is 0 Å². The van der Waals surface area contributed by atoms with Gasteiger partial charge in [0.2, 0.25) is 0 Å². The molecule has 0 aromatic carbocycles. The Morgan fingerprint density at radius 1 is 1.48 bits per heavy atom. The molecule has 1 amide bonds. The highest BCUT2D eigenvalue weighted by atomic mass is 16.4. The van der Waals surface area contributed by atoms with Crippen LogP contribution in [0.3, 0.4) is 0 Å². The van der Waals surface area contributed by atoms with Crippen LogP contribution in [0, 0.1) is 6.92 Å². The lowest BCUT2D eigenvalue weighted by atomic mass is 10.1. The van der Waals surface area contributed by atoms with Crippen LogP contribution in [0.15, 0.2) is 12.1 Å². The fraction of sp³-hybridized carbons (Fsp3) is 0.533. The number of carboxylic acids is 1. The molecule has 0 spiro atoms. The summed E-state index contributed by atoms with van der Waals surface area (Å²) in [5.74, 6) is -1.20. The molecule has 1 atom stereocenters.